The van der Waals surface area contributed by atoms with Gasteiger partial charge in [-0.05, 0) is 0 Å². The van der Waals surface area contributed by atoms with Crippen LogP contribution in [0, 0.1) is 0 Å². The van der Waals surface area contributed by atoms with Crippen LogP contribution in [0.2, 0.25) is 0 Å². The van der Waals surface area contributed by atoms with Gasteiger partial charge in [0.15, 0.2) is 5.13 Å². The first-order valence-electron chi connectivity index (χ1n) is 1.76. The zero-order valence-corrected chi connectivity index (χ0v) is 3.87. The van der Waals surface area contributed by atoms with E-state index in [4.69, 9.17) is 17.3 Å². The highest BCUT2D eigenvalue weighted by Gasteiger charge is 2.51. The summed E-state index contributed by atoms with van der Waals surface area (Å²) >= 11 is 5.00. The fraction of sp³-hybridized carbons (Fsp3) is 1.00. The van der Waals surface area contributed by atoms with Crippen LogP contribution in [0.5, 0.6) is 0 Å². The molecule has 0 unspecified atom stereocenters. The number of nitrogens with two attached hydrogens (primary N) is 1. The van der Waals surface area contributed by atoms with Crippen molar-refractivity contribution in [2.45, 2.75) is 17.6 Å². The van der Waals surface area contributed by atoms with Crippen molar-refractivity contribution in [3.63, 3.8) is 0 Å². The highest BCUT2D eigenvalue weighted by molar-refractivity contribution is 6.25. The molecular formula is C3H5ClFN. The lowest BCUT2D eigenvalue weighted by Gasteiger charge is -1.84. The van der Waals surface area contributed by atoms with Gasteiger partial charge in [0.1, 0.15) is 0 Å². The molecule has 0 amide bonds. The van der Waals surface area contributed by atoms with E-state index < -0.39 is 11.2 Å². The number of alkyl halides is 2. The summed E-state index contributed by atoms with van der Waals surface area (Å²) in [5, 5.41) is -1.54. The van der Waals surface area contributed by atoms with Crippen molar-refractivity contribution in [3.8, 4) is 0 Å². The number of hydrogen-bond donors (Lipinski definition) is 1. The Labute approximate surface area is 40.3 Å². The molecule has 3 heteroatoms. The summed E-state index contributed by atoms with van der Waals surface area (Å²) in [7, 11) is 0. The van der Waals surface area contributed by atoms with Gasteiger partial charge in [0.05, 0.1) is 6.04 Å². The van der Waals surface area contributed by atoms with Gasteiger partial charge >= 0.3 is 0 Å². The topological polar surface area (TPSA) is 26.0 Å². The Bertz CT molecular complexity index is 73.2. The Morgan fingerprint density at radius 2 is 2.17 bits per heavy atom. The van der Waals surface area contributed by atoms with Gasteiger partial charge in [-0.2, -0.15) is 0 Å². The molecule has 0 aliphatic heterocycles. The highest BCUT2D eigenvalue weighted by Crippen LogP contribution is 2.42. The Morgan fingerprint density at radius 3 is 2.17 bits per heavy atom. The second-order valence-electron chi connectivity index (χ2n) is 1.57. The van der Waals surface area contributed by atoms with Crippen LogP contribution < -0.4 is 5.73 Å². The van der Waals surface area contributed by atoms with E-state index in [1.54, 1.807) is 0 Å². The lowest BCUT2D eigenvalue weighted by molar-refractivity contribution is 0.416. The first-order chi connectivity index (χ1) is 2.63. The summed E-state index contributed by atoms with van der Waals surface area (Å²) in [6.07, 6.45) is 0.314. The summed E-state index contributed by atoms with van der Waals surface area (Å²) in [5.41, 5.74) is 4.99. The quantitative estimate of drug-likeness (QED) is 0.454. The van der Waals surface area contributed by atoms with E-state index in [9.17, 15) is 4.39 Å². The highest BCUT2D eigenvalue weighted by atomic mass is 35.5. The molecule has 1 saturated carbocycles. The fourth-order valence-corrected chi connectivity index (χ4v) is 0.401. The largest absolute Gasteiger partial charge is 0.324 e. The van der Waals surface area contributed by atoms with Crippen molar-refractivity contribution in [1.82, 2.24) is 0 Å². The molecule has 2 N–H and O–H groups in total. The maximum Gasteiger partial charge on any atom is 0.200 e. The van der Waals surface area contributed by atoms with Crippen LogP contribution in [0.15, 0.2) is 0 Å². The van der Waals surface area contributed by atoms with Crippen molar-refractivity contribution in [3.05, 3.63) is 0 Å². The van der Waals surface area contributed by atoms with Crippen molar-refractivity contribution in [1.29, 1.82) is 0 Å². The molecule has 0 heterocycles. The van der Waals surface area contributed by atoms with E-state index in [2.05, 4.69) is 0 Å². The van der Waals surface area contributed by atoms with Crippen molar-refractivity contribution >= 4 is 11.6 Å². The number of halogens is 2. The molecule has 1 nitrogen and oxygen atoms in total. The molecular weight excluding hydrogens is 104 g/mol. The van der Waals surface area contributed by atoms with Crippen molar-refractivity contribution in [2.75, 3.05) is 0 Å². The van der Waals surface area contributed by atoms with Crippen LogP contribution in [0.1, 0.15) is 6.42 Å². The minimum atomic E-state index is -1.54. The predicted molar refractivity (Wildman–Crippen MR) is 22.3 cm³/mol. The predicted octanol–water partition coefficient (Wildman–Crippen LogP) is 0.622. The minimum Gasteiger partial charge on any atom is -0.324 e. The van der Waals surface area contributed by atoms with Crippen molar-refractivity contribution < 1.29 is 4.39 Å². The Morgan fingerprint density at radius 1 is 2.00 bits per heavy atom. The van der Waals surface area contributed by atoms with E-state index in [1.807, 2.05) is 0 Å². The van der Waals surface area contributed by atoms with Crippen LogP contribution >= 0.6 is 11.6 Å². The molecule has 0 aromatic heterocycles. The molecule has 6 heavy (non-hydrogen) atoms. The summed E-state index contributed by atoms with van der Waals surface area (Å²) in [5.74, 6) is 0. The van der Waals surface area contributed by atoms with E-state index in [-0.39, 0.29) is 0 Å². The first kappa shape index (κ1) is 4.34. The van der Waals surface area contributed by atoms with Gasteiger partial charge in [-0.1, -0.05) is 11.6 Å². The van der Waals surface area contributed by atoms with E-state index >= 15 is 0 Å². The maximum atomic E-state index is 11.8. The number of hydrogen-bond acceptors (Lipinski definition) is 1. The smallest absolute Gasteiger partial charge is 0.200 e. The molecule has 1 aliphatic carbocycles. The molecule has 2 atom stereocenters. The Balaban J connectivity index is 2.41. The third kappa shape index (κ3) is 0.502. The zero-order valence-electron chi connectivity index (χ0n) is 3.12. The summed E-state index contributed by atoms with van der Waals surface area (Å²) < 4.78 is 11.8. The second kappa shape index (κ2) is 0.873. The minimum absolute atomic E-state index is 0.314. The van der Waals surface area contributed by atoms with Gasteiger partial charge in [-0.25, -0.2) is 4.39 Å². The molecule has 36 valence electrons. The third-order valence-electron chi connectivity index (χ3n) is 0.874. The average Bonchev–Trinajstić information content (AvgIpc) is 1.73. The lowest BCUT2D eigenvalue weighted by Crippen LogP contribution is -2.07. The number of rotatable bonds is 0. The monoisotopic (exact) mass is 109 g/mol. The molecule has 0 aromatic carbocycles. The van der Waals surface area contributed by atoms with Gasteiger partial charge in [0, 0.05) is 6.42 Å². The third-order valence-corrected chi connectivity index (χ3v) is 1.31. The zero-order chi connectivity index (χ0) is 4.78. The van der Waals surface area contributed by atoms with Crippen LogP contribution in [0.3, 0.4) is 0 Å². The van der Waals surface area contributed by atoms with Gasteiger partial charge in [0.25, 0.3) is 0 Å². The first-order valence-corrected chi connectivity index (χ1v) is 2.14. The molecule has 0 bridgehead atoms. The fourth-order valence-electron chi connectivity index (χ4n) is 0.234. The molecule has 0 saturated heterocycles. The average molecular weight is 110 g/mol. The van der Waals surface area contributed by atoms with Crippen LogP contribution in [-0.4, -0.2) is 11.2 Å². The molecule has 1 fully saturated rings. The van der Waals surface area contributed by atoms with E-state index in [1.165, 1.54) is 0 Å². The summed E-state index contributed by atoms with van der Waals surface area (Å²) in [4.78, 5) is 0. The maximum absolute atomic E-state index is 11.8. The normalized spacial score (nSPS) is 55.5. The molecule has 0 radical (unpaired) electrons. The molecule has 0 aromatic rings. The lowest BCUT2D eigenvalue weighted by atomic mass is 10.8. The summed E-state index contributed by atoms with van der Waals surface area (Å²) in [6.45, 7) is 0. The van der Waals surface area contributed by atoms with Gasteiger partial charge in [-0.15, -0.1) is 0 Å². The second-order valence-corrected chi connectivity index (χ2v) is 2.20. The SMILES string of the molecule is N[C@@H]1C[C@@]1(F)Cl. The van der Waals surface area contributed by atoms with Crippen molar-refractivity contribution in [2.24, 2.45) is 5.73 Å². The Kier molecular flexibility index (Phi) is 0.632. The van der Waals surface area contributed by atoms with Crippen LogP contribution in [-0.2, 0) is 0 Å². The molecule has 0 spiro atoms. The van der Waals surface area contributed by atoms with Gasteiger partial charge in [-0.3, -0.25) is 0 Å². The Hall–Kier alpha value is 0.180. The molecule has 1 aliphatic rings. The van der Waals surface area contributed by atoms with Gasteiger partial charge in [0.2, 0.25) is 0 Å². The summed E-state index contributed by atoms with van der Waals surface area (Å²) in [6, 6.07) is -0.404. The van der Waals surface area contributed by atoms with E-state index in [0.717, 1.165) is 0 Å². The van der Waals surface area contributed by atoms with Gasteiger partial charge < -0.3 is 5.73 Å². The standard InChI is InChI=1S/C3H5ClFN/c4-3(5)1-2(3)6/h2H,1,6H2/t2-,3+/m1/s1. The molecule has 1 rings (SSSR count). The van der Waals surface area contributed by atoms with E-state index in [0.29, 0.717) is 6.42 Å². The van der Waals surface area contributed by atoms with Crippen LogP contribution in [0.25, 0.3) is 0 Å². The van der Waals surface area contributed by atoms with Crippen LogP contribution in [0.4, 0.5) is 4.39 Å².